The van der Waals surface area contributed by atoms with E-state index in [9.17, 15) is 22.0 Å². The number of carbonyl (C=O) groups is 1. The zero-order chi connectivity index (χ0) is 26.1. The fourth-order valence-corrected chi connectivity index (χ4v) is 5.50. The molecule has 3 aromatic rings. The lowest BCUT2D eigenvalue weighted by atomic mass is 9.93. The molecule has 0 saturated carbocycles. The fraction of sp³-hybridized carbons (Fsp3) is 0.458. The molecule has 0 aliphatic carbocycles. The van der Waals surface area contributed by atoms with E-state index in [4.69, 9.17) is 4.74 Å². The summed E-state index contributed by atoms with van der Waals surface area (Å²) in [7, 11) is -3.77. The zero-order valence-electron chi connectivity index (χ0n) is 20.3. The molecule has 36 heavy (non-hydrogen) atoms. The minimum Gasteiger partial charge on any atom is -0.444 e. The molecular weight excluding hydrogens is 492 g/mol. The Morgan fingerprint density at radius 2 is 1.92 bits per heavy atom. The van der Waals surface area contributed by atoms with Crippen molar-refractivity contribution in [3.05, 3.63) is 54.5 Å². The number of nitrogens with one attached hydrogen (secondary N) is 1. The molecule has 0 unspecified atom stereocenters. The van der Waals surface area contributed by atoms with Crippen molar-refractivity contribution in [2.45, 2.75) is 44.5 Å². The van der Waals surface area contributed by atoms with Crippen molar-refractivity contribution in [1.82, 2.24) is 18.8 Å². The van der Waals surface area contributed by atoms with Gasteiger partial charge in [-0.3, -0.25) is 0 Å². The normalized spacial score (nSPS) is 18.2. The van der Waals surface area contributed by atoms with Crippen molar-refractivity contribution in [1.29, 1.82) is 0 Å². The number of hydrogen-bond acceptors (Lipinski definition) is 7. The van der Waals surface area contributed by atoms with E-state index < -0.39 is 40.1 Å². The van der Waals surface area contributed by atoms with Crippen LogP contribution in [0.2, 0.25) is 0 Å². The van der Waals surface area contributed by atoms with Crippen LogP contribution in [-0.4, -0.2) is 64.5 Å². The minimum atomic E-state index is -3.77. The number of aromatic nitrogens is 3. The number of halogens is 2. The third kappa shape index (κ3) is 5.75. The molecule has 1 atom stereocenters. The Morgan fingerprint density at radius 3 is 2.58 bits per heavy atom. The molecule has 1 fully saturated rings. The van der Waals surface area contributed by atoms with E-state index in [0.29, 0.717) is 10.9 Å². The van der Waals surface area contributed by atoms with Gasteiger partial charge in [-0.2, -0.15) is 0 Å². The van der Waals surface area contributed by atoms with Crippen LogP contribution >= 0.6 is 0 Å². The summed E-state index contributed by atoms with van der Waals surface area (Å²) in [5.74, 6) is -4.14. The van der Waals surface area contributed by atoms with Crippen molar-refractivity contribution in [2.75, 3.05) is 25.0 Å². The molecule has 4 rings (SSSR count). The molecule has 1 aliphatic heterocycles. The second-order valence-electron chi connectivity index (χ2n) is 9.84. The lowest BCUT2D eigenvalue weighted by molar-refractivity contribution is -0.106. The highest BCUT2D eigenvalue weighted by Crippen LogP contribution is 2.34. The molecule has 3 heterocycles. The largest absolute Gasteiger partial charge is 0.444 e. The van der Waals surface area contributed by atoms with Crippen LogP contribution in [0.5, 0.6) is 0 Å². The maximum atomic E-state index is 14.9. The first-order valence-corrected chi connectivity index (χ1v) is 13.2. The summed E-state index contributed by atoms with van der Waals surface area (Å²) in [6.07, 6.45) is 1.89. The number of rotatable bonds is 6. The van der Waals surface area contributed by atoms with Gasteiger partial charge in [-0.1, -0.05) is 30.3 Å². The smallest absolute Gasteiger partial charge is 0.410 e. The molecule has 9 nitrogen and oxygen atoms in total. The average molecular weight is 522 g/mol. The molecule has 2 aromatic heterocycles. The van der Waals surface area contributed by atoms with Gasteiger partial charge in [-0.25, -0.2) is 35.9 Å². The fourth-order valence-electron chi connectivity index (χ4n) is 4.09. The number of hydrogen-bond donors (Lipinski definition) is 1. The third-order valence-electron chi connectivity index (χ3n) is 5.85. The molecule has 0 spiro atoms. The van der Waals surface area contributed by atoms with Crippen LogP contribution < -0.4 is 5.32 Å². The van der Waals surface area contributed by atoms with E-state index in [-0.39, 0.29) is 36.7 Å². The molecule has 0 bridgehead atoms. The number of nitrogens with zero attached hydrogens (tertiary/aromatic N) is 4. The summed E-state index contributed by atoms with van der Waals surface area (Å²) in [6, 6.07) is 10.3. The Balaban J connectivity index is 1.46. The molecule has 194 valence electrons. The Labute approximate surface area is 208 Å². The van der Waals surface area contributed by atoms with Crippen LogP contribution in [-0.2, 0) is 20.5 Å². The number of ether oxygens (including phenoxy) is 1. The van der Waals surface area contributed by atoms with E-state index in [1.54, 1.807) is 57.2 Å². The highest BCUT2D eigenvalue weighted by Gasteiger charge is 2.46. The van der Waals surface area contributed by atoms with Crippen LogP contribution in [0.4, 0.5) is 19.4 Å². The zero-order valence-corrected chi connectivity index (χ0v) is 21.1. The van der Waals surface area contributed by atoms with Crippen LogP contribution in [0.15, 0.2) is 48.9 Å². The van der Waals surface area contributed by atoms with Gasteiger partial charge < -0.3 is 15.0 Å². The summed E-state index contributed by atoms with van der Waals surface area (Å²) in [5, 5.41) is 3.34. The lowest BCUT2D eigenvalue weighted by Gasteiger charge is -2.38. The maximum absolute atomic E-state index is 14.9. The molecule has 1 aromatic carbocycles. The summed E-state index contributed by atoms with van der Waals surface area (Å²) in [4.78, 5) is 21.5. The van der Waals surface area contributed by atoms with Gasteiger partial charge in [0.15, 0.2) is 5.65 Å². The van der Waals surface area contributed by atoms with E-state index >= 15 is 0 Å². The van der Waals surface area contributed by atoms with Crippen LogP contribution in [0.3, 0.4) is 0 Å². The molecule has 1 saturated heterocycles. The van der Waals surface area contributed by atoms with Crippen LogP contribution in [0.25, 0.3) is 11.0 Å². The second-order valence-corrected chi connectivity index (χ2v) is 11.7. The lowest BCUT2D eigenvalue weighted by Crippen LogP contribution is -2.53. The molecule has 1 aliphatic rings. The van der Waals surface area contributed by atoms with Gasteiger partial charge in [0.05, 0.1) is 17.7 Å². The van der Waals surface area contributed by atoms with Gasteiger partial charge >= 0.3 is 6.09 Å². The number of anilines is 1. The Kier molecular flexibility index (Phi) is 6.91. The Bertz CT molecular complexity index is 1340. The van der Waals surface area contributed by atoms with Crippen molar-refractivity contribution < 1.29 is 26.7 Å². The summed E-state index contributed by atoms with van der Waals surface area (Å²) in [6.45, 7) is 4.35. The molecule has 1 amide bonds. The average Bonchev–Trinajstić information content (AvgIpc) is 3.23. The monoisotopic (exact) mass is 521 g/mol. The van der Waals surface area contributed by atoms with Gasteiger partial charge in [0, 0.05) is 25.2 Å². The van der Waals surface area contributed by atoms with Crippen molar-refractivity contribution in [2.24, 2.45) is 5.92 Å². The number of alkyl halides is 2. The highest BCUT2D eigenvalue weighted by molar-refractivity contribution is 7.89. The Hall–Kier alpha value is -3.28. The Morgan fingerprint density at radius 1 is 1.19 bits per heavy atom. The van der Waals surface area contributed by atoms with E-state index in [1.165, 1.54) is 12.5 Å². The second kappa shape index (κ2) is 9.64. The van der Waals surface area contributed by atoms with Gasteiger partial charge in [0.25, 0.3) is 5.92 Å². The van der Waals surface area contributed by atoms with E-state index in [1.807, 2.05) is 0 Å². The first-order chi connectivity index (χ1) is 16.9. The number of piperidine rings is 1. The quantitative estimate of drug-likeness (QED) is 0.520. The van der Waals surface area contributed by atoms with Crippen LogP contribution in [0.1, 0.15) is 32.8 Å². The number of likely N-dealkylation sites (tertiary alicyclic amines) is 1. The number of fused-ring (bicyclic) bond motifs is 1. The van der Waals surface area contributed by atoms with Gasteiger partial charge in [0.2, 0.25) is 10.0 Å². The number of benzene rings is 1. The topological polar surface area (TPSA) is 106 Å². The summed E-state index contributed by atoms with van der Waals surface area (Å²) >= 11 is 0. The van der Waals surface area contributed by atoms with Crippen LogP contribution in [0, 0.1) is 5.92 Å². The number of amides is 1. The third-order valence-corrected chi connectivity index (χ3v) is 7.45. The number of carbonyl (C=O) groups excluding carboxylic acids is 1. The van der Waals surface area contributed by atoms with E-state index in [0.717, 1.165) is 8.87 Å². The first kappa shape index (κ1) is 25.8. The SMILES string of the molecule is CC(C)(C)OC(=O)N1CC[C@H](CNc2ncnc3c2ccn3S(=O)(=O)Cc2ccccc2)C(F)(F)C1. The van der Waals surface area contributed by atoms with Crippen molar-refractivity contribution in [3.63, 3.8) is 0 Å². The summed E-state index contributed by atoms with van der Waals surface area (Å²) in [5.41, 5.74) is 0.0235. The summed E-state index contributed by atoms with van der Waals surface area (Å²) < 4.78 is 62.1. The van der Waals surface area contributed by atoms with E-state index in [2.05, 4.69) is 15.3 Å². The first-order valence-electron chi connectivity index (χ1n) is 11.5. The molecule has 0 radical (unpaired) electrons. The highest BCUT2D eigenvalue weighted by atomic mass is 32.2. The van der Waals surface area contributed by atoms with Gasteiger partial charge in [-0.15, -0.1) is 0 Å². The minimum absolute atomic E-state index is 0.0694. The maximum Gasteiger partial charge on any atom is 0.410 e. The predicted molar refractivity (Wildman–Crippen MR) is 131 cm³/mol. The predicted octanol–water partition coefficient (Wildman–Crippen LogP) is 4.11. The van der Waals surface area contributed by atoms with Crippen molar-refractivity contribution in [3.8, 4) is 0 Å². The molecule has 12 heteroatoms. The van der Waals surface area contributed by atoms with Gasteiger partial charge in [0.1, 0.15) is 17.7 Å². The molecule has 1 N–H and O–H groups in total. The van der Waals surface area contributed by atoms with Crippen molar-refractivity contribution >= 4 is 33.0 Å². The van der Waals surface area contributed by atoms with Gasteiger partial charge in [-0.05, 0) is 38.8 Å². The molecular formula is C24H29F2N5O4S. The standard InChI is InChI=1S/C24H29F2N5O4S/c1-23(2,3)35-22(32)30-11-9-18(24(25,26)15-30)13-27-20-19-10-12-31(21(19)29-16-28-20)36(33,34)14-17-7-5-4-6-8-17/h4-8,10,12,16,18H,9,11,13-15H2,1-3H3,(H,27,28,29)/t18-/m1/s1.